The highest BCUT2D eigenvalue weighted by Gasteiger charge is 2.27. The predicted octanol–water partition coefficient (Wildman–Crippen LogP) is 0.919. The highest BCUT2D eigenvalue weighted by molar-refractivity contribution is 5.74. The first-order valence-corrected chi connectivity index (χ1v) is 6.69. The van der Waals surface area contributed by atoms with E-state index in [-0.39, 0.29) is 18.0 Å². The van der Waals surface area contributed by atoms with Gasteiger partial charge in [0.25, 0.3) is 0 Å². The predicted molar refractivity (Wildman–Crippen MR) is 70.8 cm³/mol. The second-order valence-corrected chi connectivity index (χ2v) is 4.94. The molecule has 0 radical (unpaired) electrons. The molecule has 0 aromatic carbocycles. The van der Waals surface area contributed by atoms with Crippen LogP contribution in [0.15, 0.2) is 18.3 Å². The first-order valence-electron chi connectivity index (χ1n) is 6.69. The Morgan fingerprint density at radius 2 is 2.25 bits per heavy atom. The van der Waals surface area contributed by atoms with Crippen molar-refractivity contribution >= 4 is 12.0 Å². The zero-order chi connectivity index (χ0) is 14.4. The fraction of sp³-hybridized carbons (Fsp3) is 0.538. The lowest BCUT2D eigenvalue weighted by Gasteiger charge is -2.27. The van der Waals surface area contributed by atoms with Gasteiger partial charge >= 0.3 is 12.0 Å². The van der Waals surface area contributed by atoms with Gasteiger partial charge in [0.2, 0.25) is 0 Å². The molecule has 20 heavy (non-hydrogen) atoms. The van der Waals surface area contributed by atoms with E-state index < -0.39 is 5.97 Å². The fourth-order valence-electron chi connectivity index (χ4n) is 2.38. The summed E-state index contributed by atoms with van der Waals surface area (Å²) in [6, 6.07) is 3.15. The minimum Gasteiger partial charge on any atom is -0.481 e. The van der Waals surface area contributed by atoms with E-state index in [0.29, 0.717) is 25.1 Å². The number of carboxylic acid groups (broad SMARTS) is 1. The number of carbonyl (C=O) groups is 2. The Labute approximate surface area is 116 Å². The van der Waals surface area contributed by atoms with Crippen LogP contribution >= 0.6 is 0 Å². The van der Waals surface area contributed by atoms with Crippen molar-refractivity contribution in [3.8, 4) is 0 Å². The summed E-state index contributed by atoms with van der Waals surface area (Å²) in [4.78, 5) is 22.7. The van der Waals surface area contributed by atoms with Crippen LogP contribution in [-0.2, 0) is 11.3 Å². The van der Waals surface area contributed by atoms with Crippen LogP contribution in [0.3, 0.4) is 0 Å². The van der Waals surface area contributed by atoms with Crippen LogP contribution in [0.1, 0.15) is 31.4 Å². The summed E-state index contributed by atoms with van der Waals surface area (Å²) in [6.45, 7) is 0.300. The SMILES string of the molecule is O=C(NCc1cccnn1)NC1CCCC(C(=O)O)C1. The number of carbonyl (C=O) groups excluding carboxylic acids is 1. The molecule has 1 aromatic heterocycles. The van der Waals surface area contributed by atoms with Crippen LogP contribution in [0, 0.1) is 5.92 Å². The molecule has 7 nitrogen and oxygen atoms in total. The van der Waals surface area contributed by atoms with Crippen molar-refractivity contribution in [2.24, 2.45) is 5.92 Å². The summed E-state index contributed by atoms with van der Waals surface area (Å²) >= 11 is 0. The van der Waals surface area contributed by atoms with Gasteiger partial charge in [-0.2, -0.15) is 10.2 Å². The number of nitrogens with one attached hydrogen (secondary N) is 2. The molecule has 3 N–H and O–H groups in total. The molecule has 7 heteroatoms. The third kappa shape index (κ3) is 4.18. The number of amides is 2. The molecule has 108 valence electrons. The van der Waals surface area contributed by atoms with Crippen LogP contribution in [0.25, 0.3) is 0 Å². The van der Waals surface area contributed by atoms with E-state index in [9.17, 15) is 9.59 Å². The van der Waals surface area contributed by atoms with Crippen LogP contribution in [0.5, 0.6) is 0 Å². The molecular weight excluding hydrogens is 260 g/mol. The Morgan fingerprint density at radius 1 is 1.40 bits per heavy atom. The van der Waals surface area contributed by atoms with Gasteiger partial charge in [0.05, 0.1) is 18.2 Å². The number of hydrogen-bond donors (Lipinski definition) is 3. The second kappa shape index (κ2) is 6.83. The Bertz CT molecular complexity index is 466. The van der Waals surface area contributed by atoms with Gasteiger partial charge in [0, 0.05) is 12.2 Å². The van der Waals surface area contributed by atoms with Crippen molar-refractivity contribution in [2.45, 2.75) is 38.3 Å². The van der Waals surface area contributed by atoms with E-state index >= 15 is 0 Å². The van der Waals surface area contributed by atoms with Crippen molar-refractivity contribution in [3.63, 3.8) is 0 Å². The molecule has 1 saturated carbocycles. The third-order valence-corrected chi connectivity index (χ3v) is 3.42. The minimum atomic E-state index is -0.781. The Kier molecular flexibility index (Phi) is 4.86. The largest absolute Gasteiger partial charge is 0.481 e. The van der Waals surface area contributed by atoms with E-state index in [2.05, 4.69) is 20.8 Å². The number of aliphatic carboxylic acids is 1. The number of hydrogen-bond acceptors (Lipinski definition) is 4. The number of carboxylic acids is 1. The van der Waals surface area contributed by atoms with Gasteiger partial charge in [-0.1, -0.05) is 6.42 Å². The lowest BCUT2D eigenvalue weighted by atomic mass is 9.86. The molecular formula is C13H18N4O3. The zero-order valence-electron chi connectivity index (χ0n) is 11.1. The van der Waals surface area contributed by atoms with E-state index in [1.54, 1.807) is 18.3 Å². The van der Waals surface area contributed by atoms with Crippen LogP contribution in [0.2, 0.25) is 0 Å². The number of aromatic nitrogens is 2. The zero-order valence-corrected chi connectivity index (χ0v) is 11.1. The summed E-state index contributed by atoms with van der Waals surface area (Å²) in [5.41, 5.74) is 0.676. The number of rotatable bonds is 4. The summed E-state index contributed by atoms with van der Waals surface area (Å²) in [5, 5.41) is 22.1. The molecule has 0 bridgehead atoms. The molecule has 1 aromatic rings. The summed E-state index contributed by atoms with van der Waals surface area (Å²) in [6.07, 6.45) is 4.40. The fourth-order valence-corrected chi connectivity index (χ4v) is 2.38. The molecule has 2 unspecified atom stereocenters. The van der Waals surface area contributed by atoms with Gasteiger partial charge < -0.3 is 15.7 Å². The lowest BCUT2D eigenvalue weighted by Crippen LogP contribution is -2.44. The third-order valence-electron chi connectivity index (χ3n) is 3.42. The average molecular weight is 278 g/mol. The topological polar surface area (TPSA) is 104 Å². The van der Waals surface area contributed by atoms with Gasteiger partial charge in [-0.15, -0.1) is 0 Å². The highest BCUT2D eigenvalue weighted by atomic mass is 16.4. The second-order valence-electron chi connectivity index (χ2n) is 4.94. The smallest absolute Gasteiger partial charge is 0.315 e. The van der Waals surface area contributed by atoms with Gasteiger partial charge in [0.15, 0.2) is 0 Å². The lowest BCUT2D eigenvalue weighted by molar-refractivity contribution is -0.143. The Hall–Kier alpha value is -2.18. The first kappa shape index (κ1) is 14.2. The molecule has 1 aliphatic rings. The number of urea groups is 1. The van der Waals surface area contributed by atoms with Gasteiger partial charge in [0.1, 0.15) is 0 Å². The Balaban J connectivity index is 1.75. The van der Waals surface area contributed by atoms with Crippen LogP contribution in [-0.4, -0.2) is 33.3 Å². The maximum atomic E-state index is 11.7. The van der Waals surface area contributed by atoms with Crippen molar-refractivity contribution < 1.29 is 14.7 Å². The van der Waals surface area contributed by atoms with Crippen molar-refractivity contribution in [3.05, 3.63) is 24.0 Å². The van der Waals surface area contributed by atoms with Crippen molar-refractivity contribution in [1.29, 1.82) is 0 Å². The molecule has 1 heterocycles. The molecule has 0 saturated heterocycles. The average Bonchev–Trinajstić information content (AvgIpc) is 2.46. The molecule has 2 atom stereocenters. The monoisotopic (exact) mass is 278 g/mol. The molecule has 0 spiro atoms. The van der Waals surface area contributed by atoms with E-state index in [0.717, 1.165) is 12.8 Å². The minimum absolute atomic E-state index is 0.0771. The van der Waals surface area contributed by atoms with Crippen molar-refractivity contribution in [2.75, 3.05) is 0 Å². The molecule has 0 aliphatic heterocycles. The van der Waals surface area contributed by atoms with Crippen LogP contribution < -0.4 is 10.6 Å². The molecule has 2 rings (SSSR count). The van der Waals surface area contributed by atoms with E-state index in [1.165, 1.54) is 0 Å². The Morgan fingerprint density at radius 3 is 2.95 bits per heavy atom. The normalized spacial score (nSPS) is 22.0. The van der Waals surface area contributed by atoms with Crippen LogP contribution in [0.4, 0.5) is 4.79 Å². The van der Waals surface area contributed by atoms with Gasteiger partial charge in [-0.3, -0.25) is 4.79 Å². The molecule has 1 aliphatic carbocycles. The summed E-state index contributed by atoms with van der Waals surface area (Å²) < 4.78 is 0. The quantitative estimate of drug-likeness (QED) is 0.759. The standard InChI is InChI=1S/C13H18N4O3/c18-12(19)9-3-1-4-10(7-9)16-13(20)14-8-11-5-2-6-15-17-11/h2,5-6,9-10H,1,3-4,7-8H2,(H,18,19)(H2,14,16,20). The van der Waals surface area contributed by atoms with E-state index in [1.807, 2.05) is 0 Å². The summed E-state index contributed by atoms with van der Waals surface area (Å²) in [7, 11) is 0. The van der Waals surface area contributed by atoms with Gasteiger partial charge in [-0.05, 0) is 31.4 Å². The number of nitrogens with zero attached hydrogens (tertiary/aromatic N) is 2. The van der Waals surface area contributed by atoms with E-state index in [4.69, 9.17) is 5.11 Å². The summed E-state index contributed by atoms with van der Waals surface area (Å²) in [5.74, 6) is -1.13. The van der Waals surface area contributed by atoms with Crippen molar-refractivity contribution in [1.82, 2.24) is 20.8 Å². The first-order chi connectivity index (χ1) is 9.65. The maximum absolute atomic E-state index is 11.7. The molecule has 1 fully saturated rings. The molecule has 2 amide bonds. The van der Waals surface area contributed by atoms with Gasteiger partial charge in [-0.25, -0.2) is 4.79 Å². The highest BCUT2D eigenvalue weighted by Crippen LogP contribution is 2.24. The maximum Gasteiger partial charge on any atom is 0.315 e.